The molecule has 0 saturated carbocycles. The number of fused-ring (bicyclic) bond motifs is 1. The van der Waals surface area contributed by atoms with E-state index in [-0.39, 0.29) is 11.6 Å². The molecule has 7 heteroatoms. The Bertz CT molecular complexity index is 811. The maximum Gasteiger partial charge on any atom is 0.418 e. The molecule has 2 aromatic carbocycles. The quantitative estimate of drug-likeness (QED) is 0.757. The summed E-state index contributed by atoms with van der Waals surface area (Å²) in [6, 6.07) is 10.4. The predicted octanol–water partition coefficient (Wildman–Crippen LogP) is 4.33. The van der Waals surface area contributed by atoms with Crippen molar-refractivity contribution in [3.63, 3.8) is 0 Å². The first-order chi connectivity index (χ1) is 10.5. The van der Waals surface area contributed by atoms with Crippen LogP contribution in [0.2, 0.25) is 0 Å². The number of halogens is 3. The Morgan fingerprint density at radius 3 is 2.64 bits per heavy atom. The van der Waals surface area contributed by atoms with Gasteiger partial charge in [0, 0.05) is 6.07 Å². The first-order valence-electron chi connectivity index (χ1n) is 6.44. The summed E-state index contributed by atoms with van der Waals surface area (Å²) in [6.45, 7) is 0. The second-order valence-electron chi connectivity index (χ2n) is 4.64. The van der Waals surface area contributed by atoms with E-state index in [4.69, 9.17) is 4.74 Å². The molecule has 1 heterocycles. The zero-order chi connectivity index (χ0) is 15.7. The fourth-order valence-electron chi connectivity index (χ4n) is 2.14. The monoisotopic (exact) mass is 307 g/mol. The number of anilines is 2. The van der Waals surface area contributed by atoms with Gasteiger partial charge < -0.3 is 15.0 Å². The van der Waals surface area contributed by atoms with Crippen molar-refractivity contribution in [2.24, 2.45) is 0 Å². The fraction of sp³-hybridized carbons (Fsp3) is 0.133. The second kappa shape index (κ2) is 5.25. The summed E-state index contributed by atoms with van der Waals surface area (Å²) in [6.07, 6.45) is -4.43. The molecule has 3 aromatic rings. The van der Waals surface area contributed by atoms with Gasteiger partial charge in [-0.15, -0.1) is 0 Å². The zero-order valence-corrected chi connectivity index (χ0v) is 11.5. The van der Waals surface area contributed by atoms with Crippen molar-refractivity contribution in [3.05, 3.63) is 48.0 Å². The molecule has 0 atom stereocenters. The summed E-state index contributed by atoms with van der Waals surface area (Å²) in [5.41, 5.74) is 0.508. The normalized spacial score (nSPS) is 11.6. The van der Waals surface area contributed by atoms with Crippen LogP contribution in [-0.2, 0) is 6.18 Å². The average Bonchev–Trinajstić information content (AvgIpc) is 2.87. The molecule has 0 amide bonds. The fourth-order valence-corrected chi connectivity index (χ4v) is 2.14. The standard InChI is InChI=1S/C15H12F3N3O/c1-22-9-6-7-12-13(8-9)21-14(20-12)19-11-5-3-2-4-10(11)15(16,17)18/h2-8H,1H3,(H2,19,20,21). The minimum absolute atomic E-state index is 0.0546. The lowest BCUT2D eigenvalue weighted by Gasteiger charge is -2.12. The molecule has 2 N–H and O–H groups in total. The minimum Gasteiger partial charge on any atom is -0.497 e. The molecule has 3 rings (SSSR count). The summed E-state index contributed by atoms with van der Waals surface area (Å²) in [5.74, 6) is 0.873. The third kappa shape index (κ3) is 2.69. The number of hydrogen-bond donors (Lipinski definition) is 2. The molecule has 0 bridgehead atoms. The Morgan fingerprint density at radius 1 is 1.14 bits per heavy atom. The first-order valence-corrected chi connectivity index (χ1v) is 6.44. The molecule has 4 nitrogen and oxygen atoms in total. The number of benzene rings is 2. The van der Waals surface area contributed by atoms with Crippen molar-refractivity contribution >= 4 is 22.7 Å². The number of para-hydroxylation sites is 1. The largest absolute Gasteiger partial charge is 0.497 e. The van der Waals surface area contributed by atoms with E-state index in [0.717, 1.165) is 6.07 Å². The van der Waals surface area contributed by atoms with Gasteiger partial charge in [-0.3, -0.25) is 0 Å². The minimum atomic E-state index is -4.43. The SMILES string of the molecule is COc1ccc2nc(Nc3ccccc3C(F)(F)F)[nH]c2c1. The average molecular weight is 307 g/mol. The number of aromatic nitrogens is 2. The van der Waals surface area contributed by atoms with Crippen molar-refractivity contribution < 1.29 is 17.9 Å². The van der Waals surface area contributed by atoms with Crippen LogP contribution in [0, 0.1) is 0 Å². The number of nitrogens with zero attached hydrogens (tertiary/aromatic N) is 1. The summed E-state index contributed by atoms with van der Waals surface area (Å²) in [4.78, 5) is 7.14. The smallest absolute Gasteiger partial charge is 0.418 e. The highest BCUT2D eigenvalue weighted by Gasteiger charge is 2.33. The zero-order valence-electron chi connectivity index (χ0n) is 11.5. The predicted molar refractivity (Wildman–Crippen MR) is 77.4 cm³/mol. The van der Waals surface area contributed by atoms with Crippen LogP contribution in [0.4, 0.5) is 24.8 Å². The van der Waals surface area contributed by atoms with Gasteiger partial charge in [-0.25, -0.2) is 4.98 Å². The van der Waals surface area contributed by atoms with Gasteiger partial charge in [0.15, 0.2) is 0 Å². The van der Waals surface area contributed by atoms with Gasteiger partial charge in [-0.1, -0.05) is 12.1 Å². The van der Waals surface area contributed by atoms with Gasteiger partial charge in [0.2, 0.25) is 5.95 Å². The maximum atomic E-state index is 13.0. The Morgan fingerprint density at radius 2 is 1.91 bits per heavy atom. The molecular weight excluding hydrogens is 295 g/mol. The number of alkyl halides is 3. The molecular formula is C15H12F3N3O. The third-order valence-corrected chi connectivity index (χ3v) is 3.17. The molecule has 22 heavy (non-hydrogen) atoms. The topological polar surface area (TPSA) is 49.9 Å². The summed E-state index contributed by atoms with van der Waals surface area (Å²) < 4.78 is 44.0. The number of rotatable bonds is 3. The molecule has 114 valence electrons. The number of H-pyrrole nitrogens is 1. The number of nitrogens with one attached hydrogen (secondary N) is 2. The van der Waals surface area contributed by atoms with Gasteiger partial charge in [0.1, 0.15) is 5.75 Å². The summed E-state index contributed by atoms with van der Waals surface area (Å²) in [5, 5.41) is 2.68. The van der Waals surface area contributed by atoms with Crippen molar-refractivity contribution in [3.8, 4) is 5.75 Å². The van der Waals surface area contributed by atoms with E-state index in [1.165, 1.54) is 25.3 Å². The number of methoxy groups -OCH3 is 1. The molecule has 0 spiro atoms. The molecule has 1 aromatic heterocycles. The molecule has 0 aliphatic carbocycles. The first kappa shape index (κ1) is 14.2. The molecule has 0 unspecified atom stereocenters. The van der Waals surface area contributed by atoms with E-state index in [1.807, 2.05) is 0 Å². The Hall–Kier alpha value is -2.70. The lowest BCUT2D eigenvalue weighted by atomic mass is 10.1. The van der Waals surface area contributed by atoms with E-state index >= 15 is 0 Å². The number of imidazole rings is 1. The number of aromatic amines is 1. The third-order valence-electron chi connectivity index (χ3n) is 3.17. The number of hydrogen-bond acceptors (Lipinski definition) is 3. The molecule has 0 aliphatic heterocycles. The highest BCUT2D eigenvalue weighted by molar-refractivity contribution is 5.80. The van der Waals surface area contributed by atoms with Crippen LogP contribution in [0.5, 0.6) is 5.75 Å². The summed E-state index contributed by atoms with van der Waals surface area (Å²) >= 11 is 0. The van der Waals surface area contributed by atoms with Crippen LogP contribution < -0.4 is 10.1 Å². The van der Waals surface area contributed by atoms with E-state index in [1.54, 1.807) is 18.2 Å². The van der Waals surface area contributed by atoms with Gasteiger partial charge in [0.05, 0.1) is 29.4 Å². The van der Waals surface area contributed by atoms with Crippen LogP contribution in [-0.4, -0.2) is 17.1 Å². The van der Waals surface area contributed by atoms with Crippen LogP contribution in [0.15, 0.2) is 42.5 Å². The van der Waals surface area contributed by atoms with Crippen LogP contribution >= 0.6 is 0 Å². The van der Waals surface area contributed by atoms with Gasteiger partial charge >= 0.3 is 6.18 Å². The lowest BCUT2D eigenvalue weighted by Crippen LogP contribution is -2.08. The van der Waals surface area contributed by atoms with E-state index in [2.05, 4.69) is 15.3 Å². The molecule has 0 radical (unpaired) electrons. The van der Waals surface area contributed by atoms with Gasteiger partial charge in [0.25, 0.3) is 0 Å². The Balaban J connectivity index is 1.97. The van der Waals surface area contributed by atoms with E-state index in [9.17, 15) is 13.2 Å². The molecule has 0 aliphatic rings. The van der Waals surface area contributed by atoms with Crippen LogP contribution in [0.25, 0.3) is 11.0 Å². The van der Waals surface area contributed by atoms with Crippen LogP contribution in [0.1, 0.15) is 5.56 Å². The maximum absolute atomic E-state index is 13.0. The van der Waals surface area contributed by atoms with Crippen molar-refractivity contribution in [2.45, 2.75) is 6.18 Å². The Labute approximate surface area is 123 Å². The molecule has 0 saturated heterocycles. The lowest BCUT2D eigenvalue weighted by molar-refractivity contribution is -0.136. The van der Waals surface area contributed by atoms with Crippen molar-refractivity contribution in [1.82, 2.24) is 9.97 Å². The molecule has 0 fully saturated rings. The highest BCUT2D eigenvalue weighted by Crippen LogP contribution is 2.35. The summed E-state index contributed by atoms with van der Waals surface area (Å²) in [7, 11) is 1.54. The second-order valence-corrected chi connectivity index (χ2v) is 4.64. The van der Waals surface area contributed by atoms with Crippen molar-refractivity contribution in [1.29, 1.82) is 0 Å². The van der Waals surface area contributed by atoms with Crippen LogP contribution in [0.3, 0.4) is 0 Å². The van der Waals surface area contributed by atoms with E-state index < -0.39 is 11.7 Å². The highest BCUT2D eigenvalue weighted by atomic mass is 19.4. The van der Waals surface area contributed by atoms with Gasteiger partial charge in [-0.2, -0.15) is 13.2 Å². The Kier molecular flexibility index (Phi) is 3.40. The van der Waals surface area contributed by atoms with Crippen molar-refractivity contribution in [2.75, 3.05) is 12.4 Å². The van der Waals surface area contributed by atoms with E-state index in [0.29, 0.717) is 16.8 Å². The van der Waals surface area contributed by atoms with Gasteiger partial charge in [-0.05, 0) is 24.3 Å². The number of ether oxygens (including phenoxy) is 1.